The molecule has 0 aromatic heterocycles. The van der Waals surface area contributed by atoms with E-state index in [2.05, 4.69) is 191 Å². The minimum absolute atomic E-state index is 0.0757. The zero-order chi connectivity index (χ0) is 79.4. The molecule has 5 unspecified atom stereocenters. The number of aliphatic hydroxyl groups excluding tert-OH is 2. The summed E-state index contributed by atoms with van der Waals surface area (Å²) in [6.07, 6.45) is 105. The number of hydrogen-bond acceptors (Lipinski definition) is 14. The fourth-order valence-corrected chi connectivity index (χ4v) is 12.5. The molecule has 0 saturated heterocycles. The number of allylic oxidation sites excluding steroid dienone is 28. The lowest BCUT2D eigenvalue weighted by atomic mass is 10.1. The Kier molecular flexibility index (Phi) is 78.5. The van der Waals surface area contributed by atoms with Gasteiger partial charge >= 0.3 is 33.6 Å². The first-order chi connectivity index (χ1) is 53.2. The number of phosphoric ester groups is 2. The Morgan fingerprint density at radius 3 is 0.771 bits per heavy atom. The van der Waals surface area contributed by atoms with E-state index in [4.69, 9.17) is 32.3 Å². The van der Waals surface area contributed by atoms with E-state index in [0.29, 0.717) is 19.3 Å². The highest BCUT2D eigenvalue weighted by Crippen LogP contribution is 2.45. The highest BCUT2D eigenvalue weighted by atomic mass is 31.2. The molecule has 0 radical (unpaired) electrons. The molecule has 5 atom stereocenters. The van der Waals surface area contributed by atoms with Crippen LogP contribution in [0, 0.1) is 0 Å². The maximum Gasteiger partial charge on any atom is 0.472 e. The predicted octanol–water partition coefficient (Wildman–Crippen LogP) is 25.5. The van der Waals surface area contributed by atoms with E-state index in [9.17, 15) is 43.5 Å². The standard InChI is InChI=1S/C91H152O16P2/c1-4-7-10-13-16-19-22-25-28-31-34-37-39-40-41-42-43-44-46-49-50-53-56-59-62-65-68-71-74-77-89(94)101-80-86(92)81-103-108(97,98)104-82-87(93)83-105-109(99,100)106-85-88(107-91(96)79-76-73-70-67-64-61-58-55-52-47-36-33-30-27-24-21-18-15-12-9-6-3)84-102-90(95)78-75-72-69-66-63-60-57-54-51-48-45-38-35-32-29-26-23-20-17-14-11-8-5-2/h7,10,16-21,25-30,34-38,40-41,43-44,47-48,51,55,58,86-88,92-93H,4-6,8-9,11-15,22-24,31-33,39,42,45-46,49-50,52-54,56-57,59-85H2,1-3H3,(H,97,98)(H,99,100)/b10-7-,19-16-,20-17-,21-18-,28-25-,29-26-,30-27-,37-34-,38-35-,41-40-,44-43-,47-36-,51-48-,58-55-. The molecule has 0 aliphatic heterocycles. The number of esters is 3. The number of aliphatic hydroxyl groups is 2. The summed E-state index contributed by atoms with van der Waals surface area (Å²) in [5.74, 6) is -1.61. The van der Waals surface area contributed by atoms with Crippen molar-refractivity contribution >= 4 is 33.6 Å². The molecule has 0 aliphatic rings. The number of unbranched alkanes of at least 4 members (excludes halogenated alkanes) is 28. The van der Waals surface area contributed by atoms with Crippen molar-refractivity contribution in [2.45, 2.75) is 347 Å². The second-order valence-corrected chi connectivity index (χ2v) is 30.8. The topological polar surface area (TPSA) is 231 Å². The number of carbonyl (C=O) groups excluding carboxylic acids is 3. The van der Waals surface area contributed by atoms with Crippen molar-refractivity contribution in [3.63, 3.8) is 0 Å². The van der Waals surface area contributed by atoms with E-state index >= 15 is 0 Å². The molecule has 16 nitrogen and oxygen atoms in total. The summed E-state index contributed by atoms with van der Waals surface area (Å²) in [6.45, 7) is 2.48. The van der Waals surface area contributed by atoms with Gasteiger partial charge in [0.1, 0.15) is 25.4 Å². The van der Waals surface area contributed by atoms with Crippen molar-refractivity contribution in [2.24, 2.45) is 0 Å². The van der Waals surface area contributed by atoms with Gasteiger partial charge in [0.2, 0.25) is 0 Å². The molecule has 0 amide bonds. The van der Waals surface area contributed by atoms with Crippen LogP contribution in [-0.2, 0) is 55.8 Å². The van der Waals surface area contributed by atoms with Gasteiger partial charge in [0.25, 0.3) is 0 Å². The van der Waals surface area contributed by atoms with E-state index in [-0.39, 0.29) is 19.3 Å². The van der Waals surface area contributed by atoms with E-state index in [1.807, 2.05) is 0 Å². The van der Waals surface area contributed by atoms with E-state index in [0.717, 1.165) is 193 Å². The first-order valence-electron chi connectivity index (χ1n) is 42.4. The van der Waals surface area contributed by atoms with Crippen LogP contribution in [0.15, 0.2) is 170 Å². The molecule has 0 fully saturated rings. The van der Waals surface area contributed by atoms with Crippen LogP contribution >= 0.6 is 15.6 Å². The fourth-order valence-electron chi connectivity index (χ4n) is 11.0. The maximum absolute atomic E-state index is 13.0. The normalized spacial score (nSPS) is 14.7. The number of rotatable bonds is 79. The van der Waals surface area contributed by atoms with Crippen molar-refractivity contribution in [3.8, 4) is 0 Å². The summed E-state index contributed by atoms with van der Waals surface area (Å²) >= 11 is 0. The number of carbonyl (C=O) groups is 3. The molecule has 0 aliphatic carbocycles. The van der Waals surface area contributed by atoms with Crippen LogP contribution < -0.4 is 0 Å². The van der Waals surface area contributed by atoms with Gasteiger partial charge in [0, 0.05) is 19.3 Å². The predicted molar refractivity (Wildman–Crippen MR) is 454 cm³/mol. The van der Waals surface area contributed by atoms with Gasteiger partial charge in [-0.1, -0.05) is 319 Å². The van der Waals surface area contributed by atoms with Crippen LogP contribution in [0.2, 0.25) is 0 Å². The van der Waals surface area contributed by atoms with Gasteiger partial charge in [0.05, 0.1) is 26.4 Å². The summed E-state index contributed by atoms with van der Waals surface area (Å²) in [5.41, 5.74) is 0. The highest BCUT2D eigenvalue weighted by Gasteiger charge is 2.29. The molecule has 0 aromatic rings. The van der Waals surface area contributed by atoms with Gasteiger partial charge in [-0.25, -0.2) is 9.13 Å². The minimum atomic E-state index is -4.95. The Hall–Kier alpha value is -5.09. The van der Waals surface area contributed by atoms with E-state index < -0.39 is 91.5 Å². The van der Waals surface area contributed by atoms with Gasteiger partial charge in [0.15, 0.2) is 6.10 Å². The summed E-state index contributed by atoms with van der Waals surface area (Å²) in [6, 6.07) is 0. The smallest absolute Gasteiger partial charge is 0.463 e. The molecule has 0 spiro atoms. The average molecular weight is 1560 g/mol. The minimum Gasteiger partial charge on any atom is -0.463 e. The number of hydrogen-bond donors (Lipinski definition) is 4. The monoisotopic (exact) mass is 1560 g/mol. The van der Waals surface area contributed by atoms with Crippen LogP contribution in [0.25, 0.3) is 0 Å². The van der Waals surface area contributed by atoms with Crippen molar-refractivity contribution < 1.29 is 75.8 Å². The molecule has 18 heteroatoms. The first kappa shape index (κ1) is 104. The van der Waals surface area contributed by atoms with Crippen molar-refractivity contribution in [3.05, 3.63) is 170 Å². The van der Waals surface area contributed by atoms with Gasteiger partial charge in [-0.15, -0.1) is 0 Å². The van der Waals surface area contributed by atoms with Crippen LogP contribution in [0.5, 0.6) is 0 Å². The first-order valence-corrected chi connectivity index (χ1v) is 45.4. The van der Waals surface area contributed by atoms with E-state index in [1.54, 1.807) is 0 Å². The van der Waals surface area contributed by atoms with Crippen LogP contribution in [-0.4, -0.2) is 95.9 Å². The van der Waals surface area contributed by atoms with Crippen molar-refractivity contribution in [1.82, 2.24) is 0 Å². The Labute approximate surface area is 662 Å². The van der Waals surface area contributed by atoms with Gasteiger partial charge in [-0.2, -0.15) is 0 Å². The Bertz CT molecular complexity index is 2660. The maximum atomic E-state index is 13.0. The molecule has 0 saturated carbocycles. The zero-order valence-electron chi connectivity index (χ0n) is 68.2. The third-order valence-corrected chi connectivity index (χ3v) is 19.3. The number of ether oxygens (including phenoxy) is 3. The second-order valence-electron chi connectivity index (χ2n) is 27.9. The highest BCUT2D eigenvalue weighted by molar-refractivity contribution is 7.47. The van der Waals surface area contributed by atoms with E-state index in [1.165, 1.54) is 77.0 Å². The summed E-state index contributed by atoms with van der Waals surface area (Å²) in [7, 11) is -9.82. The third kappa shape index (κ3) is 83.7. The van der Waals surface area contributed by atoms with Crippen molar-refractivity contribution in [2.75, 3.05) is 39.6 Å². The summed E-state index contributed by atoms with van der Waals surface area (Å²) in [4.78, 5) is 58.9. The Morgan fingerprint density at radius 2 is 0.486 bits per heavy atom. The second kappa shape index (κ2) is 82.4. The van der Waals surface area contributed by atoms with Crippen molar-refractivity contribution in [1.29, 1.82) is 0 Å². The quantitative estimate of drug-likeness (QED) is 0.0146. The Morgan fingerprint density at radius 1 is 0.266 bits per heavy atom. The average Bonchev–Trinajstić information content (AvgIpc) is 0.905. The summed E-state index contributed by atoms with van der Waals surface area (Å²) in [5, 5.41) is 20.7. The van der Waals surface area contributed by atoms with Crippen LogP contribution in [0.4, 0.5) is 0 Å². The molecule has 622 valence electrons. The molecule has 0 bridgehead atoms. The molecule has 4 N–H and O–H groups in total. The lowest BCUT2D eigenvalue weighted by Gasteiger charge is -2.21. The molecule has 109 heavy (non-hydrogen) atoms. The lowest BCUT2D eigenvalue weighted by molar-refractivity contribution is -0.161. The lowest BCUT2D eigenvalue weighted by Crippen LogP contribution is -2.30. The SMILES string of the molecule is CC/C=C\C/C=C\C/C=C\C/C=C\C/C=C\C/C=C\CCCCCCCCCCCCC(=O)OCC(O)COP(=O)(O)OCC(O)COP(=O)(O)OCC(COC(=O)CCCCCCCCC/C=C\C/C=C\C/C=C\C/C=C\CCCCC)OC(=O)CCCCCCC/C=C\C/C=C\C/C=C\C/C=C\CCCCC. The molecular formula is C91H152O16P2. The Balaban J connectivity index is 4.67. The zero-order valence-corrected chi connectivity index (χ0v) is 70.0. The molecule has 0 heterocycles. The molecule has 0 aromatic carbocycles. The summed E-state index contributed by atoms with van der Waals surface area (Å²) < 4.78 is 61.3. The van der Waals surface area contributed by atoms with Gasteiger partial charge < -0.3 is 34.2 Å². The number of phosphoric acid groups is 2. The van der Waals surface area contributed by atoms with Gasteiger partial charge in [-0.05, 0) is 161 Å². The van der Waals surface area contributed by atoms with Crippen LogP contribution in [0.1, 0.15) is 329 Å². The largest absolute Gasteiger partial charge is 0.472 e. The van der Waals surface area contributed by atoms with Crippen LogP contribution in [0.3, 0.4) is 0 Å². The molecule has 0 rings (SSSR count). The fraction of sp³-hybridized carbons (Fsp3) is 0.659. The third-order valence-electron chi connectivity index (χ3n) is 17.4. The molecular weight excluding hydrogens is 1410 g/mol. The van der Waals surface area contributed by atoms with Gasteiger partial charge in [-0.3, -0.25) is 32.5 Å².